The van der Waals surface area contributed by atoms with Crippen molar-refractivity contribution >= 4 is 0 Å². The Balaban J connectivity index is 2.02. The van der Waals surface area contributed by atoms with Gasteiger partial charge in [-0.2, -0.15) is 13.2 Å². The number of unbranched alkanes of at least 4 members (excludes halogenated alkanes) is 3. The molecule has 19 heavy (non-hydrogen) atoms. The second kappa shape index (κ2) is 8.10. The molecule has 0 spiro atoms. The number of nitrogens with one attached hydrogen (secondary N) is 1. The van der Waals surface area contributed by atoms with Gasteiger partial charge in [0.2, 0.25) is 0 Å². The van der Waals surface area contributed by atoms with Crippen molar-refractivity contribution in [2.24, 2.45) is 0 Å². The molecule has 1 aliphatic rings. The molecule has 2 nitrogen and oxygen atoms in total. The molecular weight excluding hydrogens is 253 g/mol. The van der Waals surface area contributed by atoms with Gasteiger partial charge in [0.25, 0.3) is 0 Å². The lowest BCUT2D eigenvalue weighted by Gasteiger charge is -2.23. The monoisotopic (exact) mass is 280 g/mol. The van der Waals surface area contributed by atoms with Crippen LogP contribution >= 0.6 is 0 Å². The fraction of sp³-hybridized carbons (Fsp3) is 1.00. The Bertz CT molecular complexity index is 237. The Morgan fingerprint density at radius 3 is 2.26 bits per heavy atom. The second-order valence-corrected chi connectivity index (χ2v) is 5.84. The maximum atomic E-state index is 12.4. The van der Waals surface area contributed by atoms with Gasteiger partial charge in [0.05, 0.1) is 6.54 Å². The molecule has 1 aliphatic carbocycles. The Labute approximate surface area is 114 Å². The lowest BCUT2D eigenvalue weighted by molar-refractivity contribution is -0.147. The highest BCUT2D eigenvalue weighted by atomic mass is 19.4. The van der Waals surface area contributed by atoms with E-state index in [4.69, 9.17) is 0 Å². The largest absolute Gasteiger partial charge is 0.401 e. The molecule has 0 radical (unpaired) electrons. The van der Waals surface area contributed by atoms with E-state index < -0.39 is 12.7 Å². The van der Waals surface area contributed by atoms with Crippen LogP contribution in [0.25, 0.3) is 0 Å². The predicted octanol–water partition coefficient (Wildman–Crippen LogP) is 3.57. The van der Waals surface area contributed by atoms with Gasteiger partial charge in [-0.25, -0.2) is 0 Å². The lowest BCUT2D eigenvalue weighted by Crippen LogP contribution is -2.36. The summed E-state index contributed by atoms with van der Waals surface area (Å²) in [7, 11) is 0. The van der Waals surface area contributed by atoms with E-state index >= 15 is 0 Å². The summed E-state index contributed by atoms with van der Waals surface area (Å²) in [6.45, 7) is 5.11. The van der Waals surface area contributed by atoms with Crippen LogP contribution in [-0.2, 0) is 0 Å². The van der Waals surface area contributed by atoms with Crippen molar-refractivity contribution in [1.29, 1.82) is 0 Å². The third-order valence-corrected chi connectivity index (χ3v) is 3.37. The Morgan fingerprint density at radius 2 is 1.74 bits per heavy atom. The number of alkyl halides is 3. The van der Waals surface area contributed by atoms with Crippen LogP contribution in [0.5, 0.6) is 0 Å². The third kappa shape index (κ3) is 9.27. The van der Waals surface area contributed by atoms with Gasteiger partial charge >= 0.3 is 6.18 Å². The van der Waals surface area contributed by atoms with Gasteiger partial charge in [0, 0.05) is 12.1 Å². The van der Waals surface area contributed by atoms with Gasteiger partial charge in [0.1, 0.15) is 0 Å². The molecule has 1 N–H and O–H groups in total. The topological polar surface area (TPSA) is 15.3 Å². The van der Waals surface area contributed by atoms with E-state index in [2.05, 4.69) is 19.2 Å². The Hall–Kier alpha value is -0.290. The van der Waals surface area contributed by atoms with Crippen LogP contribution < -0.4 is 5.32 Å². The molecule has 1 saturated carbocycles. The molecule has 5 heteroatoms. The molecule has 0 saturated heterocycles. The highest BCUT2D eigenvalue weighted by molar-refractivity contribution is 4.85. The predicted molar refractivity (Wildman–Crippen MR) is 72.3 cm³/mol. The summed E-state index contributed by atoms with van der Waals surface area (Å²) in [6, 6.07) is 0.710. The molecule has 1 rings (SSSR count). The molecule has 0 aromatic carbocycles. The zero-order valence-electron chi connectivity index (χ0n) is 12.1. The SMILES string of the molecule is CC(C)NCCCCCCN(CC(F)(F)F)C1CC1. The first-order chi connectivity index (χ1) is 8.88. The number of hydrogen-bond acceptors (Lipinski definition) is 2. The van der Waals surface area contributed by atoms with Gasteiger partial charge < -0.3 is 5.32 Å². The van der Waals surface area contributed by atoms with Crippen LogP contribution in [-0.4, -0.2) is 42.8 Å². The Morgan fingerprint density at radius 1 is 1.11 bits per heavy atom. The van der Waals surface area contributed by atoms with Gasteiger partial charge in [-0.1, -0.05) is 26.7 Å². The third-order valence-electron chi connectivity index (χ3n) is 3.37. The van der Waals surface area contributed by atoms with Crippen molar-refractivity contribution in [3.05, 3.63) is 0 Å². The molecule has 0 amide bonds. The highest BCUT2D eigenvalue weighted by Crippen LogP contribution is 2.30. The summed E-state index contributed by atoms with van der Waals surface area (Å²) in [5.74, 6) is 0. The second-order valence-electron chi connectivity index (χ2n) is 5.84. The minimum Gasteiger partial charge on any atom is -0.315 e. The quantitative estimate of drug-likeness (QED) is 0.615. The average molecular weight is 280 g/mol. The zero-order chi connectivity index (χ0) is 14.3. The van der Waals surface area contributed by atoms with Crippen molar-refractivity contribution < 1.29 is 13.2 Å². The molecule has 0 aliphatic heterocycles. The summed E-state index contributed by atoms with van der Waals surface area (Å²) >= 11 is 0. The average Bonchev–Trinajstić information content (AvgIpc) is 3.07. The van der Waals surface area contributed by atoms with E-state index in [-0.39, 0.29) is 6.04 Å². The number of halogens is 3. The van der Waals surface area contributed by atoms with Gasteiger partial charge in [0.15, 0.2) is 0 Å². The maximum absolute atomic E-state index is 12.4. The summed E-state index contributed by atoms with van der Waals surface area (Å²) in [6.07, 6.45) is 1.95. The van der Waals surface area contributed by atoms with Crippen molar-refractivity contribution in [3.8, 4) is 0 Å². The van der Waals surface area contributed by atoms with Crippen LogP contribution in [0.2, 0.25) is 0 Å². The Kier molecular flexibility index (Phi) is 7.15. The molecule has 114 valence electrons. The number of rotatable bonds is 10. The molecular formula is C14H27F3N2. The van der Waals surface area contributed by atoms with Crippen LogP contribution in [0.4, 0.5) is 13.2 Å². The van der Waals surface area contributed by atoms with Crippen molar-refractivity contribution in [3.63, 3.8) is 0 Å². The van der Waals surface area contributed by atoms with E-state index in [1.54, 1.807) is 4.90 Å². The number of hydrogen-bond donors (Lipinski definition) is 1. The van der Waals surface area contributed by atoms with Crippen molar-refractivity contribution in [1.82, 2.24) is 10.2 Å². The minimum absolute atomic E-state index is 0.198. The first-order valence-corrected chi connectivity index (χ1v) is 7.42. The molecule has 1 fully saturated rings. The molecule has 0 unspecified atom stereocenters. The van der Waals surface area contributed by atoms with Crippen LogP contribution in [0.1, 0.15) is 52.4 Å². The first kappa shape index (κ1) is 16.8. The molecule has 0 bridgehead atoms. The summed E-state index contributed by atoms with van der Waals surface area (Å²) in [5.41, 5.74) is 0. The molecule has 0 heterocycles. The van der Waals surface area contributed by atoms with Gasteiger partial charge in [-0.3, -0.25) is 4.90 Å². The van der Waals surface area contributed by atoms with Gasteiger partial charge in [-0.15, -0.1) is 0 Å². The molecule has 0 aromatic heterocycles. The lowest BCUT2D eigenvalue weighted by atomic mass is 10.2. The van der Waals surface area contributed by atoms with Gasteiger partial charge in [-0.05, 0) is 38.8 Å². The summed E-state index contributed by atoms with van der Waals surface area (Å²) in [4.78, 5) is 1.62. The van der Waals surface area contributed by atoms with E-state index in [1.807, 2.05) is 0 Å². The molecule has 0 aromatic rings. The highest BCUT2D eigenvalue weighted by Gasteiger charge is 2.37. The smallest absolute Gasteiger partial charge is 0.315 e. The fourth-order valence-corrected chi connectivity index (χ4v) is 2.24. The zero-order valence-corrected chi connectivity index (χ0v) is 12.1. The molecule has 0 atom stereocenters. The van der Waals surface area contributed by atoms with Crippen molar-refractivity contribution in [2.45, 2.75) is 70.6 Å². The first-order valence-electron chi connectivity index (χ1n) is 7.42. The maximum Gasteiger partial charge on any atom is 0.401 e. The van der Waals surface area contributed by atoms with E-state index in [9.17, 15) is 13.2 Å². The van der Waals surface area contributed by atoms with E-state index in [1.165, 1.54) is 0 Å². The summed E-state index contributed by atoms with van der Waals surface area (Å²) in [5, 5.41) is 3.35. The fourth-order valence-electron chi connectivity index (χ4n) is 2.24. The van der Waals surface area contributed by atoms with Crippen LogP contribution in [0.3, 0.4) is 0 Å². The van der Waals surface area contributed by atoms with E-state index in [0.717, 1.165) is 45.1 Å². The normalized spacial score (nSPS) is 16.6. The number of nitrogens with zero attached hydrogens (tertiary/aromatic N) is 1. The minimum atomic E-state index is -4.05. The summed E-state index contributed by atoms with van der Waals surface area (Å²) < 4.78 is 37.2. The van der Waals surface area contributed by atoms with Crippen molar-refractivity contribution in [2.75, 3.05) is 19.6 Å². The van der Waals surface area contributed by atoms with E-state index in [0.29, 0.717) is 12.6 Å². The van der Waals surface area contributed by atoms with Crippen LogP contribution in [0.15, 0.2) is 0 Å². The van der Waals surface area contributed by atoms with Crippen LogP contribution in [0, 0.1) is 0 Å². The standard InChI is InChI=1S/C14H27F3N2/c1-12(2)18-9-5-3-4-6-10-19(13-7-8-13)11-14(15,16)17/h12-13,18H,3-11H2,1-2H3.